The van der Waals surface area contributed by atoms with Crippen LogP contribution in [0.4, 0.5) is 0 Å². The van der Waals surface area contributed by atoms with Crippen LogP contribution in [-0.4, -0.2) is 58.8 Å². The van der Waals surface area contributed by atoms with E-state index in [1.54, 1.807) is 36.4 Å². The molecule has 0 atom stereocenters. The van der Waals surface area contributed by atoms with Gasteiger partial charge in [-0.25, -0.2) is 4.57 Å². The number of hydrogen-bond acceptors (Lipinski definition) is 8. The molecule has 0 aliphatic heterocycles. The predicted octanol–water partition coefficient (Wildman–Crippen LogP) is 3.01. The van der Waals surface area contributed by atoms with E-state index in [0.29, 0.717) is 5.69 Å². The van der Waals surface area contributed by atoms with Crippen molar-refractivity contribution >= 4 is 23.4 Å². The van der Waals surface area contributed by atoms with E-state index in [1.165, 1.54) is 23.9 Å². The van der Waals surface area contributed by atoms with Gasteiger partial charge in [0, 0.05) is 19.3 Å². The summed E-state index contributed by atoms with van der Waals surface area (Å²) in [6.45, 7) is 0. The molecule has 33 heavy (non-hydrogen) atoms. The Morgan fingerprint density at radius 2 is 1.67 bits per heavy atom. The molecule has 0 saturated carbocycles. The second-order valence-electron chi connectivity index (χ2n) is 6.88. The molecule has 2 amide bonds. The lowest BCUT2D eigenvalue weighted by molar-refractivity contribution is 0.0651. The van der Waals surface area contributed by atoms with Gasteiger partial charge in [0.2, 0.25) is 0 Å². The van der Waals surface area contributed by atoms with Crippen LogP contribution in [0.5, 0.6) is 17.5 Å². The SMILES string of the molecule is CN(C(=O)c1ccccn1)C(=O)c1cc(-c2nnc(O)n2-c2ccccc2Cl)c(O)cc1O. The molecular weight excluding hydrogens is 450 g/mol. The third-order valence-corrected chi connectivity index (χ3v) is 5.14. The van der Waals surface area contributed by atoms with E-state index < -0.39 is 29.3 Å². The van der Waals surface area contributed by atoms with Crippen LogP contribution in [0.15, 0.2) is 60.8 Å². The highest BCUT2D eigenvalue weighted by atomic mass is 35.5. The third kappa shape index (κ3) is 3.94. The molecule has 11 heteroatoms. The monoisotopic (exact) mass is 465 g/mol. The van der Waals surface area contributed by atoms with Gasteiger partial charge in [-0.05, 0) is 30.3 Å². The number of rotatable bonds is 4. The lowest BCUT2D eigenvalue weighted by Gasteiger charge is -2.17. The fourth-order valence-electron chi connectivity index (χ4n) is 3.17. The minimum absolute atomic E-state index is 0.0372. The first-order valence-electron chi connectivity index (χ1n) is 9.48. The van der Waals surface area contributed by atoms with Crippen molar-refractivity contribution in [1.82, 2.24) is 24.6 Å². The molecule has 10 nitrogen and oxygen atoms in total. The Morgan fingerprint density at radius 1 is 0.939 bits per heavy atom. The number of benzene rings is 2. The summed E-state index contributed by atoms with van der Waals surface area (Å²) >= 11 is 6.23. The lowest BCUT2D eigenvalue weighted by atomic mass is 10.1. The van der Waals surface area contributed by atoms with Gasteiger partial charge in [0.25, 0.3) is 11.8 Å². The number of amides is 2. The van der Waals surface area contributed by atoms with Crippen molar-refractivity contribution in [2.24, 2.45) is 0 Å². The number of carbonyl (C=O) groups excluding carboxylic acids is 2. The number of phenols is 2. The van der Waals surface area contributed by atoms with Crippen LogP contribution < -0.4 is 0 Å². The predicted molar refractivity (Wildman–Crippen MR) is 117 cm³/mol. The number of aromatic nitrogens is 4. The summed E-state index contributed by atoms with van der Waals surface area (Å²) in [7, 11) is 1.24. The normalized spacial score (nSPS) is 10.7. The van der Waals surface area contributed by atoms with Crippen molar-refractivity contribution in [3.8, 4) is 34.6 Å². The molecule has 0 saturated heterocycles. The molecule has 0 fully saturated rings. The molecule has 4 rings (SSSR count). The third-order valence-electron chi connectivity index (χ3n) is 4.82. The standard InChI is InChI=1S/C22H16ClN5O5/c1-27(21(32)15-7-4-5-9-24-15)20(31)13-10-12(17(29)11-18(13)30)19-25-26-22(33)28(19)16-8-3-2-6-14(16)23/h2-11,29-30H,1H3,(H,26,33). The molecule has 0 aliphatic carbocycles. The molecule has 2 heterocycles. The second-order valence-corrected chi connectivity index (χ2v) is 7.29. The summed E-state index contributed by atoms with van der Waals surface area (Å²) in [5.41, 5.74) is 0.0278. The van der Waals surface area contributed by atoms with Gasteiger partial charge in [-0.1, -0.05) is 34.9 Å². The molecule has 0 unspecified atom stereocenters. The van der Waals surface area contributed by atoms with Gasteiger partial charge in [0.15, 0.2) is 5.82 Å². The summed E-state index contributed by atoms with van der Waals surface area (Å²) < 4.78 is 1.17. The van der Waals surface area contributed by atoms with Gasteiger partial charge < -0.3 is 15.3 Å². The fraction of sp³-hybridized carbons (Fsp3) is 0.0455. The fourth-order valence-corrected chi connectivity index (χ4v) is 3.39. The van der Waals surface area contributed by atoms with E-state index in [0.717, 1.165) is 17.0 Å². The highest BCUT2D eigenvalue weighted by Gasteiger charge is 2.27. The van der Waals surface area contributed by atoms with Crippen molar-refractivity contribution in [2.75, 3.05) is 7.05 Å². The maximum atomic E-state index is 13.0. The maximum Gasteiger partial charge on any atom is 0.319 e. The molecule has 0 spiro atoms. The van der Waals surface area contributed by atoms with E-state index in [2.05, 4.69) is 15.2 Å². The first-order valence-corrected chi connectivity index (χ1v) is 9.86. The Morgan fingerprint density at radius 3 is 2.36 bits per heavy atom. The summed E-state index contributed by atoms with van der Waals surface area (Å²) in [6.07, 6.45) is 1.41. The molecule has 4 aromatic rings. The maximum absolute atomic E-state index is 13.0. The molecule has 0 radical (unpaired) electrons. The molecular formula is C22H16ClN5O5. The molecule has 2 aromatic carbocycles. The van der Waals surface area contributed by atoms with Crippen LogP contribution in [0.3, 0.4) is 0 Å². The summed E-state index contributed by atoms with van der Waals surface area (Å²) in [5.74, 6) is -2.59. The summed E-state index contributed by atoms with van der Waals surface area (Å²) in [4.78, 5) is 30.3. The number of phenolic OH excluding ortho intramolecular Hbond substituents is 2. The number of carbonyl (C=O) groups is 2. The molecule has 0 aliphatic rings. The number of imide groups is 1. The number of aromatic hydroxyl groups is 3. The summed E-state index contributed by atoms with van der Waals surface area (Å²) in [5, 5.41) is 38.8. The highest BCUT2D eigenvalue weighted by molar-refractivity contribution is 6.32. The Bertz CT molecular complexity index is 1370. The summed E-state index contributed by atoms with van der Waals surface area (Å²) in [6, 6.07) is 12.8. The van der Waals surface area contributed by atoms with E-state index >= 15 is 0 Å². The van der Waals surface area contributed by atoms with Gasteiger partial charge in [-0.3, -0.25) is 19.5 Å². The van der Waals surface area contributed by atoms with Crippen LogP contribution in [0.1, 0.15) is 20.8 Å². The number of para-hydroxylation sites is 1. The van der Waals surface area contributed by atoms with Crippen LogP contribution in [0, 0.1) is 0 Å². The zero-order valence-electron chi connectivity index (χ0n) is 17.0. The molecule has 3 N–H and O–H groups in total. The topological polar surface area (TPSA) is 142 Å². The first kappa shape index (κ1) is 21.8. The van der Waals surface area contributed by atoms with Gasteiger partial charge in [-0.2, -0.15) is 0 Å². The zero-order valence-corrected chi connectivity index (χ0v) is 17.8. The van der Waals surface area contributed by atoms with Crippen molar-refractivity contribution in [3.63, 3.8) is 0 Å². The van der Waals surface area contributed by atoms with Crippen LogP contribution in [0.2, 0.25) is 5.02 Å². The van der Waals surface area contributed by atoms with E-state index in [4.69, 9.17) is 11.6 Å². The van der Waals surface area contributed by atoms with E-state index in [9.17, 15) is 24.9 Å². The van der Waals surface area contributed by atoms with Gasteiger partial charge in [0.1, 0.15) is 17.2 Å². The van der Waals surface area contributed by atoms with Crippen molar-refractivity contribution in [1.29, 1.82) is 0 Å². The average molecular weight is 466 g/mol. The number of halogens is 1. The first-order chi connectivity index (χ1) is 15.8. The van der Waals surface area contributed by atoms with Crippen molar-refractivity contribution in [3.05, 3.63) is 77.1 Å². The van der Waals surface area contributed by atoms with Crippen LogP contribution in [-0.2, 0) is 0 Å². The average Bonchev–Trinajstić information content (AvgIpc) is 3.19. The Hall–Kier alpha value is -4.44. The van der Waals surface area contributed by atoms with Crippen LogP contribution in [0.25, 0.3) is 17.1 Å². The zero-order chi connectivity index (χ0) is 23.7. The van der Waals surface area contributed by atoms with Crippen molar-refractivity contribution < 1.29 is 24.9 Å². The van der Waals surface area contributed by atoms with Gasteiger partial charge in [-0.15, -0.1) is 5.10 Å². The Kier molecular flexibility index (Phi) is 5.67. The van der Waals surface area contributed by atoms with Crippen molar-refractivity contribution in [2.45, 2.75) is 0 Å². The molecule has 2 aromatic heterocycles. The number of nitrogens with zero attached hydrogens (tertiary/aromatic N) is 5. The molecule has 0 bridgehead atoms. The number of hydrogen-bond donors (Lipinski definition) is 3. The van der Waals surface area contributed by atoms with Gasteiger partial charge >= 0.3 is 6.01 Å². The highest BCUT2D eigenvalue weighted by Crippen LogP contribution is 2.38. The van der Waals surface area contributed by atoms with Crippen LogP contribution >= 0.6 is 11.6 Å². The smallest absolute Gasteiger partial charge is 0.319 e. The quantitative estimate of drug-likeness (QED) is 0.390. The van der Waals surface area contributed by atoms with Gasteiger partial charge in [0.05, 0.1) is 21.8 Å². The lowest BCUT2D eigenvalue weighted by Crippen LogP contribution is -2.33. The second kappa shape index (κ2) is 8.60. The Labute approximate surface area is 192 Å². The minimum Gasteiger partial charge on any atom is -0.507 e. The number of pyridine rings is 1. The van der Waals surface area contributed by atoms with E-state index in [1.807, 2.05) is 0 Å². The minimum atomic E-state index is -0.850. The largest absolute Gasteiger partial charge is 0.507 e. The Balaban J connectivity index is 1.79. The molecule has 166 valence electrons. The van der Waals surface area contributed by atoms with E-state index in [-0.39, 0.29) is 27.7 Å².